The normalized spacial score (nSPS) is 35.0. The number of hydrogen-bond acceptors (Lipinski definition) is 3. The maximum atomic E-state index is 13.5. The Hall–Kier alpha value is -2.24. The number of likely N-dealkylation sites (tertiary alicyclic amines) is 1. The molecule has 0 aromatic heterocycles. The van der Waals surface area contributed by atoms with Crippen LogP contribution in [0.1, 0.15) is 64.9 Å². The van der Waals surface area contributed by atoms with Crippen LogP contribution in [0.15, 0.2) is 30.3 Å². The lowest BCUT2D eigenvalue weighted by Gasteiger charge is -2.57. The molecule has 180 valence electrons. The van der Waals surface area contributed by atoms with Crippen LogP contribution in [0.4, 0.5) is 9.59 Å². The van der Waals surface area contributed by atoms with Crippen LogP contribution in [-0.2, 0) is 11.3 Å². The van der Waals surface area contributed by atoms with Crippen LogP contribution in [0, 0.1) is 29.6 Å². The highest BCUT2D eigenvalue weighted by atomic mass is 16.6. The molecule has 5 aliphatic rings. The molecule has 1 saturated heterocycles. The molecule has 0 radical (unpaired) electrons. The summed E-state index contributed by atoms with van der Waals surface area (Å²) >= 11 is 0. The van der Waals surface area contributed by atoms with Crippen LogP contribution in [0.5, 0.6) is 0 Å². The average molecular weight is 455 g/mol. The number of carbonyl (C=O) groups excluding carboxylic acids is 1. The van der Waals surface area contributed by atoms with Gasteiger partial charge >= 0.3 is 12.2 Å². The molecule has 4 saturated carbocycles. The van der Waals surface area contributed by atoms with Crippen molar-refractivity contribution in [1.29, 1.82) is 0 Å². The van der Waals surface area contributed by atoms with Crippen molar-refractivity contribution >= 4 is 12.2 Å². The molecule has 2 amide bonds. The second kappa shape index (κ2) is 8.52. The third kappa shape index (κ3) is 4.45. The molecule has 5 fully saturated rings. The first-order valence-corrected chi connectivity index (χ1v) is 12.7. The summed E-state index contributed by atoms with van der Waals surface area (Å²) in [6, 6.07) is 9.69. The maximum absolute atomic E-state index is 13.5. The molecule has 33 heavy (non-hydrogen) atoms. The van der Waals surface area contributed by atoms with Crippen LogP contribution in [0.3, 0.4) is 0 Å². The number of carboxylic acid groups (broad SMARTS) is 1. The van der Waals surface area contributed by atoms with Gasteiger partial charge in [-0.2, -0.15) is 0 Å². The highest BCUT2D eigenvalue weighted by Gasteiger charge is 2.56. The highest BCUT2D eigenvalue weighted by Crippen LogP contribution is 2.59. The van der Waals surface area contributed by atoms with Crippen molar-refractivity contribution < 1.29 is 19.4 Å². The van der Waals surface area contributed by atoms with E-state index in [0.29, 0.717) is 37.3 Å². The zero-order valence-corrected chi connectivity index (χ0v) is 20.2. The molecule has 6 heteroatoms. The van der Waals surface area contributed by atoms with E-state index in [2.05, 4.69) is 0 Å². The van der Waals surface area contributed by atoms with E-state index in [0.717, 1.165) is 17.4 Å². The topological polar surface area (TPSA) is 70.1 Å². The zero-order chi connectivity index (χ0) is 23.3. The molecule has 1 aromatic carbocycles. The number of hydrogen-bond donors (Lipinski definition) is 1. The van der Waals surface area contributed by atoms with Gasteiger partial charge in [0.05, 0.1) is 12.1 Å². The Morgan fingerprint density at radius 1 is 1.03 bits per heavy atom. The average Bonchev–Trinajstić information content (AvgIpc) is 3.15. The number of nitrogens with zero attached hydrogens (tertiary/aromatic N) is 2. The van der Waals surface area contributed by atoms with Crippen LogP contribution in [-0.4, -0.2) is 51.3 Å². The van der Waals surface area contributed by atoms with E-state index in [1.165, 1.54) is 32.1 Å². The quantitative estimate of drug-likeness (QED) is 0.641. The Balaban J connectivity index is 1.48. The van der Waals surface area contributed by atoms with Crippen molar-refractivity contribution in [1.82, 2.24) is 9.80 Å². The van der Waals surface area contributed by atoms with Gasteiger partial charge in [-0.3, -0.25) is 4.90 Å². The maximum Gasteiger partial charge on any atom is 0.410 e. The van der Waals surface area contributed by atoms with Gasteiger partial charge < -0.3 is 14.7 Å². The van der Waals surface area contributed by atoms with Crippen LogP contribution >= 0.6 is 0 Å². The predicted octanol–water partition coefficient (Wildman–Crippen LogP) is 5.62. The molecule has 1 heterocycles. The van der Waals surface area contributed by atoms with Crippen molar-refractivity contribution in [2.24, 2.45) is 29.6 Å². The van der Waals surface area contributed by atoms with E-state index < -0.39 is 11.7 Å². The third-order valence-electron chi connectivity index (χ3n) is 8.58. The molecule has 1 aliphatic heterocycles. The largest absolute Gasteiger partial charge is 0.465 e. The summed E-state index contributed by atoms with van der Waals surface area (Å²) < 4.78 is 5.86. The Bertz CT molecular complexity index is 852. The summed E-state index contributed by atoms with van der Waals surface area (Å²) in [5.74, 6) is 3.18. The zero-order valence-electron chi connectivity index (χ0n) is 20.2. The molecule has 6 nitrogen and oxygen atoms in total. The number of amides is 2. The van der Waals surface area contributed by atoms with E-state index in [9.17, 15) is 14.7 Å². The van der Waals surface area contributed by atoms with Gasteiger partial charge in [0.15, 0.2) is 0 Å². The van der Waals surface area contributed by atoms with E-state index in [1.807, 2.05) is 56.0 Å². The summed E-state index contributed by atoms with van der Waals surface area (Å²) in [6.45, 7) is 6.59. The fourth-order valence-corrected chi connectivity index (χ4v) is 7.77. The molecule has 4 aliphatic carbocycles. The molecule has 4 bridgehead atoms. The fourth-order valence-electron chi connectivity index (χ4n) is 7.77. The lowest BCUT2D eigenvalue weighted by atomic mass is 9.50. The van der Waals surface area contributed by atoms with E-state index in [-0.39, 0.29) is 18.2 Å². The minimum Gasteiger partial charge on any atom is -0.465 e. The summed E-state index contributed by atoms with van der Waals surface area (Å²) in [6.07, 6.45) is 5.80. The van der Waals surface area contributed by atoms with Crippen molar-refractivity contribution in [3.05, 3.63) is 35.9 Å². The lowest BCUT2D eigenvalue weighted by Crippen LogP contribution is -2.59. The first kappa shape index (κ1) is 22.5. The van der Waals surface area contributed by atoms with Gasteiger partial charge in [0.1, 0.15) is 5.60 Å². The summed E-state index contributed by atoms with van der Waals surface area (Å²) in [7, 11) is 0. The van der Waals surface area contributed by atoms with Gasteiger partial charge in [0.25, 0.3) is 0 Å². The molecule has 1 aromatic rings. The summed E-state index contributed by atoms with van der Waals surface area (Å²) in [5, 5.41) is 10.1. The molecule has 2 atom stereocenters. The van der Waals surface area contributed by atoms with Gasteiger partial charge in [-0.05, 0) is 94.4 Å². The Labute approximate surface area is 197 Å². The first-order chi connectivity index (χ1) is 15.7. The Morgan fingerprint density at radius 2 is 1.64 bits per heavy atom. The fraction of sp³-hybridized carbons (Fsp3) is 0.704. The van der Waals surface area contributed by atoms with Gasteiger partial charge in [-0.1, -0.05) is 30.3 Å². The second-order valence-electron chi connectivity index (χ2n) is 11.9. The van der Waals surface area contributed by atoms with Gasteiger partial charge in [-0.15, -0.1) is 0 Å². The lowest BCUT2D eigenvalue weighted by molar-refractivity contribution is -0.0768. The monoisotopic (exact) mass is 454 g/mol. The van der Waals surface area contributed by atoms with Gasteiger partial charge in [0.2, 0.25) is 0 Å². The Morgan fingerprint density at radius 3 is 2.18 bits per heavy atom. The smallest absolute Gasteiger partial charge is 0.410 e. The highest BCUT2D eigenvalue weighted by molar-refractivity contribution is 5.70. The van der Waals surface area contributed by atoms with E-state index in [4.69, 9.17) is 4.74 Å². The summed E-state index contributed by atoms with van der Waals surface area (Å²) in [4.78, 5) is 29.4. The van der Waals surface area contributed by atoms with Crippen molar-refractivity contribution in [2.45, 2.75) is 83.5 Å². The van der Waals surface area contributed by atoms with E-state index >= 15 is 0 Å². The summed E-state index contributed by atoms with van der Waals surface area (Å²) in [5.41, 5.74) is 0.441. The van der Waals surface area contributed by atoms with E-state index in [1.54, 1.807) is 4.90 Å². The standard InChI is InChI=1S/C27H38N2O4/c1-27(2,3)33-26(32)29(16-17-7-5-4-6-8-17)22-9-10-28(25(30)31)24(22)23-20-12-18-11-19(14-20)15-21(23)13-18/h4-8,18-24H,9-16H2,1-3H3,(H,30,31). The molecule has 1 N–H and O–H groups in total. The molecule has 0 spiro atoms. The van der Waals surface area contributed by atoms with Crippen molar-refractivity contribution in [2.75, 3.05) is 6.54 Å². The third-order valence-corrected chi connectivity index (χ3v) is 8.58. The molecule has 6 rings (SSSR count). The van der Waals surface area contributed by atoms with Crippen molar-refractivity contribution in [3.63, 3.8) is 0 Å². The van der Waals surface area contributed by atoms with Crippen LogP contribution < -0.4 is 0 Å². The van der Waals surface area contributed by atoms with Gasteiger partial charge in [-0.25, -0.2) is 9.59 Å². The van der Waals surface area contributed by atoms with Crippen LogP contribution in [0.25, 0.3) is 0 Å². The molecular formula is C27H38N2O4. The van der Waals surface area contributed by atoms with Crippen molar-refractivity contribution in [3.8, 4) is 0 Å². The minimum atomic E-state index is -0.847. The van der Waals surface area contributed by atoms with Crippen LogP contribution in [0.2, 0.25) is 0 Å². The van der Waals surface area contributed by atoms with Gasteiger partial charge in [0, 0.05) is 13.1 Å². The number of rotatable bonds is 4. The first-order valence-electron chi connectivity index (χ1n) is 12.7. The number of carbonyl (C=O) groups is 2. The minimum absolute atomic E-state index is 0.145. The molecular weight excluding hydrogens is 416 g/mol. The number of benzene rings is 1. The Kier molecular flexibility index (Phi) is 5.82. The SMILES string of the molecule is CC(C)(C)OC(=O)N(Cc1ccccc1)C1CCN(C(=O)O)C1C1C2CC3CC(C2)CC1C3. The second-order valence-corrected chi connectivity index (χ2v) is 11.9. The predicted molar refractivity (Wildman–Crippen MR) is 126 cm³/mol. The number of ether oxygens (including phenoxy) is 1. The molecule has 2 unspecified atom stereocenters.